The summed E-state index contributed by atoms with van der Waals surface area (Å²) in [5.41, 5.74) is 9.83. The molecule has 2 amide bonds. The van der Waals surface area contributed by atoms with Crippen LogP contribution in [0.1, 0.15) is 71.9 Å². The van der Waals surface area contributed by atoms with Crippen LogP contribution in [0.3, 0.4) is 0 Å². The summed E-state index contributed by atoms with van der Waals surface area (Å²) in [7, 11) is 0. The Bertz CT molecular complexity index is 3460. The fourth-order valence-corrected chi connectivity index (χ4v) is 9.57. The van der Waals surface area contributed by atoms with Crippen molar-refractivity contribution in [1.29, 1.82) is 0 Å². The molecule has 82 heavy (non-hydrogen) atoms. The van der Waals surface area contributed by atoms with Crippen LogP contribution in [0.5, 0.6) is 34.5 Å². The van der Waals surface area contributed by atoms with E-state index in [4.69, 9.17) is 39.3 Å². The van der Waals surface area contributed by atoms with E-state index < -0.39 is 22.2 Å². The van der Waals surface area contributed by atoms with Crippen molar-refractivity contribution in [3.63, 3.8) is 0 Å². The number of anilines is 3. The Labute approximate surface area is 508 Å². The van der Waals surface area contributed by atoms with Gasteiger partial charge in [-0.15, -0.1) is 12.1 Å². The zero-order valence-electron chi connectivity index (χ0n) is 44.3. The van der Waals surface area contributed by atoms with Crippen LogP contribution >= 0.6 is 45.5 Å². The van der Waals surface area contributed by atoms with Gasteiger partial charge in [-0.3, -0.25) is 14.4 Å². The Hall–Kier alpha value is -7.51. The number of nitrogens with one attached hydrogen (secondary N) is 2. The number of carbonyl (C=O) groups excluding carboxylic acids is 2. The number of carboxylic acids is 1. The van der Waals surface area contributed by atoms with Gasteiger partial charge < -0.3 is 49.9 Å². The Kier molecular flexibility index (Phi) is 19.5. The van der Waals surface area contributed by atoms with Crippen LogP contribution in [-0.2, 0) is 53.4 Å². The number of rotatable bonds is 10. The molecule has 6 aliphatic rings. The Morgan fingerprint density at radius 1 is 0.500 bits per heavy atom. The number of carboxylic acid groups (broad SMARTS) is 1. The number of fused-ring (bicyclic) bond motifs is 3. The fourth-order valence-electron chi connectivity index (χ4n) is 9.10. The molecule has 3 aromatic heterocycles. The molecule has 0 spiro atoms. The second kappa shape index (κ2) is 27.0. The van der Waals surface area contributed by atoms with Crippen LogP contribution < -0.4 is 44.8 Å². The van der Waals surface area contributed by atoms with Gasteiger partial charge >= 0.3 is 35.9 Å². The number of pyridine rings is 3. The molecule has 3 aliphatic heterocycles. The number of benzene rings is 5. The maximum absolute atomic E-state index is 13.0. The first-order valence-corrected chi connectivity index (χ1v) is 34.5. The van der Waals surface area contributed by atoms with Crippen LogP contribution in [0.25, 0.3) is 0 Å². The second-order valence-corrected chi connectivity index (χ2v) is 21.5. The maximum atomic E-state index is 13.0. The van der Waals surface area contributed by atoms with Crippen molar-refractivity contribution in [3.8, 4) is 34.5 Å². The number of halogens is 3. The molecule has 0 bridgehead atoms. The average Bonchev–Trinajstić information content (AvgIpc) is 4.61. The molecular formula is C62H55Br3N6O10Zn. The number of nitrogen functional groups attached to an aromatic ring is 1. The summed E-state index contributed by atoms with van der Waals surface area (Å²) in [4.78, 5) is 49.1. The van der Waals surface area contributed by atoms with Crippen molar-refractivity contribution in [1.82, 2.24) is 15.0 Å². The number of aromatic nitrogens is 3. The molecule has 3 saturated carbocycles. The van der Waals surface area contributed by atoms with Crippen molar-refractivity contribution in [2.75, 3.05) is 36.7 Å². The number of hydrogen-bond donors (Lipinski definition) is 4. The number of nitrogens with two attached hydrogens (primary N) is 1. The summed E-state index contributed by atoms with van der Waals surface area (Å²) in [6.45, 7) is 4.41. The molecule has 0 radical (unpaired) electrons. The van der Waals surface area contributed by atoms with Crippen LogP contribution in [0.2, 0.25) is 0 Å². The molecule has 0 unspecified atom stereocenters. The van der Waals surface area contributed by atoms with E-state index in [9.17, 15) is 14.4 Å². The zero-order chi connectivity index (χ0) is 57.7. The van der Waals surface area contributed by atoms with Gasteiger partial charge in [-0.25, -0.2) is 15.0 Å². The van der Waals surface area contributed by atoms with E-state index in [0.29, 0.717) is 53.3 Å². The van der Waals surface area contributed by atoms with Gasteiger partial charge in [0.15, 0.2) is 34.5 Å². The quantitative estimate of drug-likeness (QED) is 0.0740. The molecule has 8 aromatic rings. The zero-order valence-corrected chi connectivity index (χ0v) is 52.1. The average molecular weight is 1350 g/mol. The predicted molar refractivity (Wildman–Crippen MR) is 317 cm³/mol. The molecule has 20 heteroatoms. The van der Waals surface area contributed by atoms with Crippen molar-refractivity contribution >= 4 is 80.7 Å². The van der Waals surface area contributed by atoms with Crippen molar-refractivity contribution in [2.45, 2.75) is 61.2 Å². The molecule has 0 atom stereocenters. The van der Waals surface area contributed by atoms with E-state index in [1.165, 1.54) is 21.9 Å². The van der Waals surface area contributed by atoms with E-state index in [2.05, 4.69) is 90.1 Å². The normalized spacial score (nSPS) is 15.4. The molecule has 5 N–H and O–H groups in total. The molecular weight excluding hydrogens is 1290 g/mol. The minimum atomic E-state index is -0.749. The molecule has 0 saturated heterocycles. The van der Waals surface area contributed by atoms with Gasteiger partial charge in [0.25, 0.3) is 0 Å². The number of amides is 2. The van der Waals surface area contributed by atoms with E-state index in [0.717, 1.165) is 80.4 Å². The third kappa shape index (κ3) is 14.8. The van der Waals surface area contributed by atoms with Crippen LogP contribution in [0.15, 0.2) is 179 Å². The molecule has 6 heterocycles. The SMILES string of the molecule is Nc1ccc(Br)cn1.O=C(Nc1ccc(Br)cn1)C1(c2ccc3c(c2)OCO3)CC1.O=C(Nc1ccc(Cc2ccccc2)cn1)C1(c2ccc3c(c2)OCO3)CC1.O=C(O)C1(c2ccc3c(c2)OCO3)CC1.[CH2-]c1ccccc1.[Zn+][Br]. The topological polar surface area (TPSA) is 216 Å². The summed E-state index contributed by atoms with van der Waals surface area (Å²) in [6.07, 6.45) is 10.7. The molecule has 3 aliphatic carbocycles. The molecule has 3 fully saturated rings. The van der Waals surface area contributed by atoms with Gasteiger partial charge in [-0.2, -0.15) is 24.6 Å². The van der Waals surface area contributed by atoms with Gasteiger partial charge in [-0.05, 0) is 171 Å². The molecule has 5 aromatic carbocycles. The van der Waals surface area contributed by atoms with Crippen LogP contribution in [0, 0.1) is 6.92 Å². The van der Waals surface area contributed by atoms with E-state index in [1.807, 2.05) is 121 Å². The van der Waals surface area contributed by atoms with Crippen LogP contribution in [-0.4, -0.2) is 58.2 Å². The first-order valence-electron chi connectivity index (χ1n) is 26.0. The second-order valence-electron chi connectivity index (χ2n) is 19.6. The third-order valence-electron chi connectivity index (χ3n) is 14.2. The summed E-state index contributed by atoms with van der Waals surface area (Å²) in [5.74, 6) is 5.11. The van der Waals surface area contributed by atoms with Gasteiger partial charge in [0.2, 0.25) is 32.2 Å². The Morgan fingerprint density at radius 3 is 1.26 bits per heavy atom. The van der Waals surface area contributed by atoms with Crippen molar-refractivity contribution < 1.29 is 64.3 Å². The summed E-state index contributed by atoms with van der Waals surface area (Å²) in [5, 5.41) is 15.0. The van der Waals surface area contributed by atoms with Gasteiger partial charge in [0, 0.05) is 27.5 Å². The Balaban J connectivity index is 0.000000133. The standard InChI is InChI=1S/C23H20N2O3.C16H13BrN2O3.C11H10O4.C7H7.C5H5BrN2.BrH.Zn/c26-22(23(10-11-23)18-7-8-19-20(13-18)28-15-27-19)25-21-9-6-17(14-24-21)12-16-4-2-1-3-5-16;17-11-2-4-14(18-8-11)19-15(20)16(5-6-16)10-1-3-12-13(7-10)22-9-21-12;12-10(13)11(3-4-11)7-1-2-8-9(5-7)15-6-14-8;1-7-5-3-2-4-6-7;6-4-1-2-5(7)8-3-4;;/h1-9,13-14H,10-12,15H2,(H,24,25,26);1-4,7-8H,5-6,9H2,(H,18,19,20);1-2,5H,3-4,6H2,(H,12,13);2-6H,1H2;1-3H,(H2,7,8);1H;/q;;;-1;;;+2/p-1. The number of nitrogens with zero attached hydrogens (tertiary/aromatic N) is 3. The van der Waals surface area contributed by atoms with Crippen LogP contribution in [0.4, 0.5) is 17.5 Å². The number of hydrogen-bond acceptors (Lipinski definition) is 13. The van der Waals surface area contributed by atoms with Gasteiger partial charge in [0.1, 0.15) is 17.5 Å². The summed E-state index contributed by atoms with van der Waals surface area (Å²) in [6, 6.07) is 48.1. The van der Waals surface area contributed by atoms with Gasteiger partial charge in [0.05, 0.1) is 16.2 Å². The van der Waals surface area contributed by atoms with Gasteiger partial charge in [-0.1, -0.05) is 60.7 Å². The molecule has 16 nitrogen and oxygen atoms in total. The first kappa shape index (κ1) is 59.1. The van der Waals surface area contributed by atoms with Crippen molar-refractivity contribution in [3.05, 3.63) is 219 Å². The van der Waals surface area contributed by atoms with Crippen molar-refractivity contribution in [2.24, 2.45) is 0 Å². The summed E-state index contributed by atoms with van der Waals surface area (Å²) < 4.78 is 33.8. The molecule has 14 rings (SSSR count). The van der Waals surface area contributed by atoms with E-state index >= 15 is 0 Å². The Morgan fingerprint density at radius 2 is 0.902 bits per heavy atom. The van der Waals surface area contributed by atoms with E-state index in [1.54, 1.807) is 36.7 Å². The first-order chi connectivity index (χ1) is 39.8. The number of ether oxygens (including phenoxy) is 6. The minimum absolute atomic E-state index is 0.0188. The molecule has 416 valence electrons. The predicted octanol–water partition coefficient (Wildman–Crippen LogP) is 13.0. The fraction of sp³-hybridized carbons (Fsp3) is 0.210. The number of carbonyl (C=O) groups is 3. The third-order valence-corrected chi connectivity index (χ3v) is 15.1. The summed E-state index contributed by atoms with van der Waals surface area (Å²) >= 11 is 10.8. The number of aliphatic carboxylic acids is 1. The monoisotopic (exact) mass is 1340 g/mol. The van der Waals surface area contributed by atoms with E-state index in [-0.39, 0.29) is 32.2 Å².